The van der Waals surface area contributed by atoms with E-state index in [0.29, 0.717) is 104 Å². The lowest BCUT2D eigenvalue weighted by atomic mass is 9.43. The normalized spacial score (nSPS) is 42.0. The average molecular weight is 1090 g/mol. The van der Waals surface area contributed by atoms with Crippen LogP contribution in [0.4, 0.5) is 0 Å². The van der Waals surface area contributed by atoms with Gasteiger partial charge in [0.1, 0.15) is 0 Å². The Bertz CT molecular complexity index is 2150. The molecule has 4 amide bonds. The number of carbonyl (C=O) groups excluding carboxylic acids is 4. The lowest BCUT2D eigenvalue weighted by Crippen LogP contribution is -2.59. The third-order valence-electron chi connectivity index (χ3n) is 23.4. The van der Waals surface area contributed by atoms with Gasteiger partial charge in [-0.25, -0.2) is 0 Å². The Morgan fingerprint density at radius 2 is 0.853 bits per heavy atom. The third kappa shape index (κ3) is 12.7. The average Bonchev–Trinajstić information content (AvgIpc) is 3.87. The molecule has 0 heterocycles. The van der Waals surface area contributed by atoms with Gasteiger partial charge in [0.05, 0.1) is 23.7 Å². The summed E-state index contributed by atoms with van der Waals surface area (Å²) in [6.45, 7) is 14.0. The smallest absolute Gasteiger partial charge is 0.266 e. The second-order valence-electron chi connectivity index (χ2n) is 27.3. The Balaban J connectivity index is 0.748. The zero-order valence-corrected chi connectivity index (χ0v) is 47.8. The van der Waals surface area contributed by atoms with Gasteiger partial charge in [0, 0.05) is 50.9 Å². The largest absolute Gasteiger partial charge is 0.393 e. The van der Waals surface area contributed by atoms with Crippen LogP contribution in [0.5, 0.6) is 0 Å². The molecular formula is C57H96N4O12S2. The van der Waals surface area contributed by atoms with E-state index in [9.17, 15) is 46.2 Å². The second-order valence-corrected chi connectivity index (χ2v) is 30.4. The number of nitrogens with one attached hydrogen (secondary N) is 4. The van der Waals surface area contributed by atoms with Crippen molar-refractivity contribution in [1.82, 2.24) is 21.3 Å². The molecule has 428 valence electrons. The summed E-state index contributed by atoms with van der Waals surface area (Å²) in [4.78, 5) is 51.8. The van der Waals surface area contributed by atoms with E-state index in [1.165, 1.54) is 0 Å². The van der Waals surface area contributed by atoms with Crippen molar-refractivity contribution in [1.29, 1.82) is 0 Å². The highest BCUT2D eigenvalue weighted by Gasteiger charge is 2.65. The molecule has 8 aliphatic rings. The third-order valence-corrected chi connectivity index (χ3v) is 24.9. The number of amides is 4. The number of fused-ring (bicyclic) bond motifs is 10. The molecule has 0 saturated heterocycles. The molecule has 0 spiro atoms. The predicted octanol–water partition coefficient (Wildman–Crippen LogP) is 7.23. The van der Waals surface area contributed by atoms with Crippen LogP contribution in [-0.2, 0) is 39.4 Å². The lowest BCUT2D eigenvalue weighted by Gasteiger charge is -2.62. The highest BCUT2D eigenvalue weighted by molar-refractivity contribution is 7.86. The van der Waals surface area contributed by atoms with E-state index < -0.39 is 31.7 Å². The Morgan fingerprint density at radius 3 is 1.23 bits per heavy atom. The van der Waals surface area contributed by atoms with Gasteiger partial charge in [-0.1, -0.05) is 41.5 Å². The molecule has 0 aromatic rings. The van der Waals surface area contributed by atoms with Gasteiger partial charge >= 0.3 is 0 Å². The van der Waals surface area contributed by atoms with Gasteiger partial charge in [-0.15, -0.1) is 0 Å². The molecule has 0 aromatic carbocycles. The number of aliphatic hydroxyl groups excluding tert-OH is 2. The first-order chi connectivity index (χ1) is 35.1. The van der Waals surface area contributed by atoms with E-state index in [-0.39, 0.29) is 94.5 Å². The molecular weight excluding hydrogens is 997 g/mol. The fourth-order valence-corrected chi connectivity index (χ4v) is 20.3. The lowest BCUT2D eigenvalue weighted by molar-refractivity contribution is -0.167. The van der Waals surface area contributed by atoms with Crippen LogP contribution in [0.25, 0.3) is 0 Å². The van der Waals surface area contributed by atoms with Crippen LogP contribution in [0.3, 0.4) is 0 Å². The summed E-state index contributed by atoms with van der Waals surface area (Å²) in [5, 5.41) is 35.9. The number of hydrogen-bond acceptors (Lipinski definition) is 10. The summed E-state index contributed by atoms with van der Waals surface area (Å²) in [6, 6.07) is 0.118. The fourth-order valence-electron chi connectivity index (χ4n) is 19.6. The van der Waals surface area contributed by atoms with Crippen LogP contribution in [0.1, 0.15) is 189 Å². The standard InChI is InChI=1S/C57H96N4O12S2/c1-34(10-16-48(64)58-26-28-74(68,69)70)40-12-14-42-52-44(20-24-56(40,42)5)54(3)22-18-38(30-36(54)32-46(52)62)60-50(66)8-7-9-51(67)61-39-19-23-55(4)37(31-39)33-47(63)53-43-15-13-41(57(43,6)25-21-45(53)55)35(2)11-17-49(65)59-27-29-75(71,72)73/h34-47,52-53,62-63H,7-33H2,1-6H3,(H,58,64)(H,59,65)(H,60,66)(H,61,67)(H,68,69,70)(H,71,72,73)/t34-,35-,36?,37?,38?,39?,40-,41-,42+,43+,44+,45+,46+,47+,52+,53+,54+,55+,56-,57-/m1/s1. The van der Waals surface area contributed by atoms with Gasteiger partial charge in [-0.2, -0.15) is 16.8 Å². The van der Waals surface area contributed by atoms with E-state index in [1.807, 2.05) is 0 Å². The summed E-state index contributed by atoms with van der Waals surface area (Å²) in [5.74, 6) is 2.96. The minimum Gasteiger partial charge on any atom is -0.393 e. The minimum atomic E-state index is -4.12. The Labute approximate surface area is 449 Å². The zero-order chi connectivity index (χ0) is 54.5. The molecule has 18 heteroatoms. The predicted molar refractivity (Wildman–Crippen MR) is 287 cm³/mol. The quantitative estimate of drug-likeness (QED) is 0.0562. The maximum Gasteiger partial charge on any atom is 0.266 e. The summed E-state index contributed by atoms with van der Waals surface area (Å²) in [5.41, 5.74) is 0.377. The number of carbonyl (C=O) groups is 4. The molecule has 16 nitrogen and oxygen atoms in total. The van der Waals surface area contributed by atoms with Crippen LogP contribution < -0.4 is 21.3 Å². The van der Waals surface area contributed by atoms with E-state index >= 15 is 0 Å². The Hall–Kier alpha value is -2.38. The first-order valence-electron chi connectivity index (χ1n) is 29.5. The van der Waals surface area contributed by atoms with Crippen LogP contribution in [0.2, 0.25) is 0 Å². The van der Waals surface area contributed by atoms with Crippen molar-refractivity contribution in [3.63, 3.8) is 0 Å². The summed E-state index contributed by atoms with van der Waals surface area (Å²) in [6.07, 6.45) is 18.2. The van der Waals surface area contributed by atoms with Crippen molar-refractivity contribution in [3.05, 3.63) is 0 Å². The Kier molecular flexibility index (Phi) is 18.0. The molecule has 20 atom stereocenters. The van der Waals surface area contributed by atoms with E-state index in [2.05, 4.69) is 62.8 Å². The SMILES string of the molecule is C[C@H](CCC(=O)NCCS(=O)(=O)O)[C@H]1CC[C@H]2[C@@H]3[C@@H](O)CC4CC(NC(=O)CCCC(=O)NC5CC[C@@]6(C)C(C5)C[C@H](O)[C@H]5[C@@H]7CC[C@H]([C@H](C)CCC(=O)NCCS(=O)(=O)O)[C@@]7(C)CC[C@@H]56)CC[C@]4(C)[C@H]3CC[C@]12C. The van der Waals surface area contributed by atoms with Crippen molar-refractivity contribution >= 4 is 43.9 Å². The first-order valence-corrected chi connectivity index (χ1v) is 32.8. The maximum atomic E-state index is 13.4. The second kappa shape index (κ2) is 23.0. The topological polar surface area (TPSA) is 266 Å². The van der Waals surface area contributed by atoms with Crippen molar-refractivity contribution in [2.24, 2.45) is 92.7 Å². The molecule has 8 saturated carbocycles. The molecule has 4 unspecified atom stereocenters. The van der Waals surface area contributed by atoms with Crippen LogP contribution in [-0.4, -0.2) is 109 Å². The Morgan fingerprint density at radius 1 is 0.493 bits per heavy atom. The van der Waals surface area contributed by atoms with Gasteiger partial charge < -0.3 is 31.5 Å². The molecule has 8 N–H and O–H groups in total. The van der Waals surface area contributed by atoms with Crippen molar-refractivity contribution in [3.8, 4) is 0 Å². The maximum absolute atomic E-state index is 13.4. The number of aliphatic hydroxyl groups is 2. The van der Waals surface area contributed by atoms with Gasteiger partial charge in [-0.3, -0.25) is 28.3 Å². The van der Waals surface area contributed by atoms with E-state index in [4.69, 9.17) is 9.11 Å². The number of rotatable bonds is 20. The first kappa shape index (κ1) is 58.8. The van der Waals surface area contributed by atoms with E-state index in [0.717, 1.165) is 103 Å². The molecule has 8 aliphatic carbocycles. The molecule has 0 radical (unpaired) electrons. The van der Waals surface area contributed by atoms with Crippen molar-refractivity contribution in [2.45, 2.75) is 214 Å². The molecule has 0 bridgehead atoms. The molecule has 0 aromatic heterocycles. The molecule has 8 fully saturated rings. The highest BCUT2D eigenvalue weighted by Crippen LogP contribution is 2.70. The van der Waals surface area contributed by atoms with Gasteiger partial charge in [0.15, 0.2) is 0 Å². The summed E-state index contributed by atoms with van der Waals surface area (Å²) in [7, 11) is -8.25. The van der Waals surface area contributed by atoms with Crippen LogP contribution >= 0.6 is 0 Å². The van der Waals surface area contributed by atoms with Gasteiger partial charge in [0.2, 0.25) is 23.6 Å². The summed E-state index contributed by atoms with van der Waals surface area (Å²) >= 11 is 0. The van der Waals surface area contributed by atoms with Crippen molar-refractivity contribution < 1.29 is 55.3 Å². The van der Waals surface area contributed by atoms with Gasteiger partial charge in [-0.05, 0) is 215 Å². The monoisotopic (exact) mass is 1090 g/mol. The van der Waals surface area contributed by atoms with Gasteiger partial charge in [0.25, 0.3) is 20.2 Å². The molecule has 0 aliphatic heterocycles. The van der Waals surface area contributed by atoms with Crippen LogP contribution in [0, 0.1) is 92.7 Å². The van der Waals surface area contributed by atoms with Crippen molar-refractivity contribution in [2.75, 3.05) is 24.6 Å². The van der Waals surface area contributed by atoms with Crippen LogP contribution in [0.15, 0.2) is 0 Å². The fraction of sp³-hybridized carbons (Fsp3) is 0.930. The minimum absolute atomic E-state index is 0.00882. The molecule has 75 heavy (non-hydrogen) atoms. The summed E-state index contributed by atoms with van der Waals surface area (Å²) < 4.78 is 62.2. The number of hydrogen-bond donors (Lipinski definition) is 8. The molecule has 8 rings (SSSR count). The highest BCUT2D eigenvalue weighted by atomic mass is 32.2. The van der Waals surface area contributed by atoms with E-state index in [1.54, 1.807) is 0 Å². The zero-order valence-electron chi connectivity index (χ0n) is 46.2.